The minimum atomic E-state index is 0.506. The topological polar surface area (TPSA) is 66.0 Å². The van der Waals surface area contributed by atoms with Crippen LogP contribution >= 0.6 is 0 Å². The van der Waals surface area contributed by atoms with Gasteiger partial charge in [-0.15, -0.1) is 0 Å². The van der Waals surface area contributed by atoms with E-state index in [2.05, 4.69) is 34.7 Å². The Kier molecular flexibility index (Phi) is 5.11. The first kappa shape index (κ1) is 16.5. The van der Waals surface area contributed by atoms with Gasteiger partial charge in [0.15, 0.2) is 5.82 Å². The molecule has 0 saturated carbocycles. The van der Waals surface area contributed by atoms with Crippen LogP contribution in [0.3, 0.4) is 0 Å². The molecule has 126 valence electrons. The van der Waals surface area contributed by atoms with Crippen LogP contribution in [0.5, 0.6) is 0 Å². The summed E-state index contributed by atoms with van der Waals surface area (Å²) in [6, 6.07) is 12.3. The first-order chi connectivity index (χ1) is 11.7. The number of nitrogen functional groups attached to an aromatic ring is 1. The van der Waals surface area contributed by atoms with Crippen LogP contribution in [0.15, 0.2) is 36.4 Å². The van der Waals surface area contributed by atoms with Crippen LogP contribution in [0.1, 0.15) is 30.4 Å². The van der Waals surface area contributed by atoms with Crippen LogP contribution in [0, 0.1) is 6.92 Å². The lowest BCUT2D eigenvalue weighted by Gasteiger charge is -2.10. The molecule has 0 spiro atoms. The molecule has 0 saturated heterocycles. The van der Waals surface area contributed by atoms with Gasteiger partial charge in [-0.05, 0) is 25.0 Å². The van der Waals surface area contributed by atoms with Gasteiger partial charge in [0.25, 0.3) is 0 Å². The fraction of sp³-hybridized carbons (Fsp3) is 0.368. The van der Waals surface area contributed by atoms with Gasteiger partial charge in [0.05, 0.1) is 18.7 Å². The fourth-order valence-corrected chi connectivity index (χ4v) is 2.91. The highest BCUT2D eigenvalue weighted by molar-refractivity contribution is 5.85. The maximum atomic E-state index is 6.05. The number of ether oxygens (including phenoxy) is 1. The fourth-order valence-electron chi connectivity index (χ4n) is 2.91. The van der Waals surface area contributed by atoms with Crippen LogP contribution in [-0.2, 0) is 24.3 Å². The molecule has 0 fully saturated rings. The average Bonchev–Trinajstić information content (AvgIpc) is 2.91. The van der Waals surface area contributed by atoms with E-state index in [0.29, 0.717) is 19.0 Å². The molecule has 0 bridgehead atoms. The van der Waals surface area contributed by atoms with E-state index in [-0.39, 0.29) is 0 Å². The van der Waals surface area contributed by atoms with Crippen molar-refractivity contribution in [2.75, 3.05) is 12.3 Å². The molecule has 0 aliphatic carbocycles. The molecule has 0 unspecified atom stereocenters. The quantitative estimate of drug-likeness (QED) is 0.676. The Bertz CT molecular complexity index is 811. The molecule has 24 heavy (non-hydrogen) atoms. The maximum Gasteiger partial charge on any atom is 0.151 e. The van der Waals surface area contributed by atoms with Gasteiger partial charge in [0.2, 0.25) is 0 Å². The van der Waals surface area contributed by atoms with E-state index < -0.39 is 0 Å². The van der Waals surface area contributed by atoms with Gasteiger partial charge in [-0.25, -0.2) is 9.97 Å². The second kappa shape index (κ2) is 7.45. The van der Waals surface area contributed by atoms with Crippen molar-refractivity contribution in [3.05, 3.63) is 53.5 Å². The van der Waals surface area contributed by atoms with Crippen molar-refractivity contribution < 1.29 is 4.74 Å². The van der Waals surface area contributed by atoms with Crippen LogP contribution in [0.2, 0.25) is 0 Å². The summed E-state index contributed by atoms with van der Waals surface area (Å²) in [7, 11) is 0. The van der Waals surface area contributed by atoms with Crippen LogP contribution in [0.25, 0.3) is 11.0 Å². The standard InChI is InChI=1S/C19H24N4O/c1-3-7-17-22-18-16(12-14(2)21-19(18)20)23(17)10-11-24-13-15-8-5-4-6-9-15/h4-6,8-9,12H,3,7,10-11,13H2,1-2H3,(H2,20,21). The van der Waals surface area contributed by atoms with Gasteiger partial charge in [-0.1, -0.05) is 37.3 Å². The molecule has 0 aliphatic rings. The van der Waals surface area contributed by atoms with Crippen molar-refractivity contribution in [2.24, 2.45) is 0 Å². The third kappa shape index (κ3) is 3.57. The minimum Gasteiger partial charge on any atom is -0.382 e. The van der Waals surface area contributed by atoms with E-state index in [4.69, 9.17) is 15.5 Å². The van der Waals surface area contributed by atoms with Gasteiger partial charge in [0.1, 0.15) is 11.3 Å². The molecule has 2 aromatic heterocycles. The van der Waals surface area contributed by atoms with Crippen molar-refractivity contribution in [1.82, 2.24) is 14.5 Å². The summed E-state index contributed by atoms with van der Waals surface area (Å²) >= 11 is 0. The van der Waals surface area contributed by atoms with Gasteiger partial charge < -0.3 is 15.0 Å². The third-order valence-electron chi connectivity index (χ3n) is 4.02. The predicted molar refractivity (Wildman–Crippen MR) is 96.8 cm³/mol. The number of hydrogen-bond acceptors (Lipinski definition) is 4. The molecule has 2 N–H and O–H groups in total. The first-order valence-electron chi connectivity index (χ1n) is 8.43. The number of aryl methyl sites for hydroxylation is 2. The van der Waals surface area contributed by atoms with Gasteiger partial charge in [0, 0.05) is 18.7 Å². The van der Waals surface area contributed by atoms with E-state index in [1.54, 1.807) is 0 Å². The number of nitrogens with zero attached hydrogens (tertiary/aromatic N) is 3. The van der Waals surface area contributed by atoms with Gasteiger partial charge >= 0.3 is 0 Å². The summed E-state index contributed by atoms with van der Waals surface area (Å²) in [6.07, 6.45) is 1.96. The second-order valence-electron chi connectivity index (χ2n) is 5.98. The van der Waals surface area contributed by atoms with E-state index >= 15 is 0 Å². The molecule has 0 aliphatic heterocycles. The summed E-state index contributed by atoms with van der Waals surface area (Å²) in [4.78, 5) is 9.02. The Morgan fingerprint density at radius 2 is 1.96 bits per heavy atom. The molecular formula is C19H24N4O. The highest BCUT2D eigenvalue weighted by Crippen LogP contribution is 2.22. The zero-order valence-corrected chi connectivity index (χ0v) is 14.3. The Morgan fingerprint density at radius 3 is 2.71 bits per heavy atom. The average molecular weight is 324 g/mol. The monoisotopic (exact) mass is 324 g/mol. The number of imidazole rings is 1. The van der Waals surface area contributed by atoms with E-state index in [1.165, 1.54) is 5.56 Å². The molecule has 0 radical (unpaired) electrons. The van der Waals surface area contributed by atoms with E-state index in [9.17, 15) is 0 Å². The molecule has 5 nitrogen and oxygen atoms in total. The lowest BCUT2D eigenvalue weighted by molar-refractivity contribution is 0.113. The van der Waals surface area contributed by atoms with Crippen molar-refractivity contribution in [2.45, 2.75) is 39.8 Å². The summed E-state index contributed by atoms with van der Waals surface area (Å²) in [6.45, 7) is 6.14. The van der Waals surface area contributed by atoms with Crippen LogP contribution in [-0.4, -0.2) is 21.1 Å². The van der Waals surface area contributed by atoms with Crippen molar-refractivity contribution in [1.29, 1.82) is 0 Å². The van der Waals surface area contributed by atoms with E-state index in [1.807, 2.05) is 25.1 Å². The van der Waals surface area contributed by atoms with E-state index in [0.717, 1.165) is 41.9 Å². The van der Waals surface area contributed by atoms with Crippen molar-refractivity contribution in [3.8, 4) is 0 Å². The van der Waals surface area contributed by atoms with Crippen molar-refractivity contribution >= 4 is 16.9 Å². The molecule has 1 aromatic carbocycles. The normalized spacial score (nSPS) is 11.2. The molecule has 3 aromatic rings. The Morgan fingerprint density at radius 1 is 1.17 bits per heavy atom. The highest BCUT2D eigenvalue weighted by atomic mass is 16.5. The SMILES string of the molecule is CCCc1nc2c(N)nc(C)cc2n1CCOCc1ccccc1. The summed E-state index contributed by atoms with van der Waals surface area (Å²) in [5.74, 6) is 1.56. The Balaban J connectivity index is 1.76. The highest BCUT2D eigenvalue weighted by Gasteiger charge is 2.13. The maximum absolute atomic E-state index is 6.05. The van der Waals surface area contributed by atoms with Crippen LogP contribution < -0.4 is 5.73 Å². The summed E-state index contributed by atoms with van der Waals surface area (Å²) < 4.78 is 8.06. The number of aromatic nitrogens is 3. The van der Waals surface area contributed by atoms with Crippen molar-refractivity contribution in [3.63, 3.8) is 0 Å². The zero-order chi connectivity index (χ0) is 16.9. The molecule has 0 atom stereocenters. The number of hydrogen-bond donors (Lipinski definition) is 1. The minimum absolute atomic E-state index is 0.506. The summed E-state index contributed by atoms with van der Waals surface area (Å²) in [5, 5.41) is 0. The lowest BCUT2D eigenvalue weighted by Crippen LogP contribution is -2.09. The molecule has 5 heteroatoms. The second-order valence-corrected chi connectivity index (χ2v) is 5.98. The largest absolute Gasteiger partial charge is 0.382 e. The predicted octanol–water partition coefficient (Wildman–Crippen LogP) is 3.49. The number of pyridine rings is 1. The summed E-state index contributed by atoms with van der Waals surface area (Å²) in [5.41, 5.74) is 9.99. The van der Waals surface area contributed by atoms with Gasteiger partial charge in [-0.3, -0.25) is 0 Å². The number of benzene rings is 1. The van der Waals surface area contributed by atoms with Crippen LogP contribution in [0.4, 0.5) is 5.82 Å². The number of anilines is 1. The number of fused-ring (bicyclic) bond motifs is 1. The molecule has 3 rings (SSSR count). The molecular weight excluding hydrogens is 300 g/mol. The van der Waals surface area contributed by atoms with Gasteiger partial charge in [-0.2, -0.15) is 0 Å². The molecule has 2 heterocycles. The number of nitrogens with two attached hydrogens (primary N) is 1. The number of rotatable bonds is 7. The smallest absolute Gasteiger partial charge is 0.151 e. The first-order valence-corrected chi connectivity index (χ1v) is 8.43. The third-order valence-corrected chi connectivity index (χ3v) is 4.02. The zero-order valence-electron chi connectivity index (χ0n) is 14.3. The Labute approximate surface area is 142 Å². The molecule has 0 amide bonds. The Hall–Kier alpha value is -2.40. The lowest BCUT2D eigenvalue weighted by atomic mass is 10.2.